The van der Waals surface area contributed by atoms with E-state index < -0.39 is 60.7 Å². The van der Waals surface area contributed by atoms with Crippen molar-refractivity contribution < 1.29 is 39.2 Å². The number of alkyl halides is 4. The molecule has 1 aromatic carbocycles. The average molecular weight is 432 g/mol. The van der Waals surface area contributed by atoms with Crippen molar-refractivity contribution in [2.45, 2.75) is 30.4 Å². The lowest BCUT2D eigenvalue weighted by atomic mass is 10.2. The van der Waals surface area contributed by atoms with Gasteiger partial charge in [-0.1, -0.05) is 25.1 Å². The first kappa shape index (κ1) is 21.4. The molecule has 2 rings (SSSR count). The van der Waals surface area contributed by atoms with E-state index in [9.17, 15) is 39.2 Å². The number of nitrogens with one attached hydrogen (secondary N) is 1. The van der Waals surface area contributed by atoms with Crippen LogP contribution in [0.2, 0.25) is 0 Å². The number of sulfonamides is 1. The highest BCUT2D eigenvalue weighted by atomic mass is 32.2. The first-order valence-corrected chi connectivity index (χ1v) is 10.8. The summed E-state index contributed by atoms with van der Waals surface area (Å²) >= 11 is 0. The Morgan fingerprint density at radius 2 is 1.78 bits per heavy atom. The van der Waals surface area contributed by atoms with Gasteiger partial charge in [-0.2, -0.15) is 21.6 Å². The van der Waals surface area contributed by atoms with Crippen LogP contribution in [0.25, 0.3) is 0 Å². The van der Waals surface area contributed by atoms with Crippen LogP contribution in [-0.2, 0) is 31.2 Å². The number of hydrogen-bond donors (Lipinski definition) is 1. The molecule has 1 aromatic rings. The van der Waals surface area contributed by atoms with Crippen molar-refractivity contribution in [3.8, 4) is 0 Å². The molecule has 1 aliphatic rings. The Morgan fingerprint density at radius 1 is 1.19 bits per heavy atom. The van der Waals surface area contributed by atoms with Crippen LogP contribution in [0.3, 0.4) is 0 Å². The summed E-state index contributed by atoms with van der Waals surface area (Å²) < 4.78 is 100. The highest BCUT2D eigenvalue weighted by Crippen LogP contribution is 2.35. The predicted octanol–water partition coefficient (Wildman–Crippen LogP) is 1.78. The highest BCUT2D eigenvalue weighted by molar-refractivity contribution is 7.93. The maximum atomic E-state index is 14.7. The second-order valence-electron chi connectivity index (χ2n) is 5.82. The predicted molar refractivity (Wildman–Crippen MR) is 88.4 cm³/mol. The van der Waals surface area contributed by atoms with Gasteiger partial charge in [0.25, 0.3) is 10.9 Å². The largest absolute Gasteiger partial charge is 0.516 e. The van der Waals surface area contributed by atoms with E-state index in [1.165, 1.54) is 29.8 Å². The average Bonchev–Trinajstić information content (AvgIpc) is 2.85. The monoisotopic (exact) mass is 432 g/mol. The van der Waals surface area contributed by atoms with Gasteiger partial charge in [0.15, 0.2) is 9.84 Å². The molecule has 1 amide bonds. The van der Waals surface area contributed by atoms with Gasteiger partial charge in [-0.25, -0.2) is 12.8 Å². The molecule has 1 fully saturated rings. The van der Waals surface area contributed by atoms with Gasteiger partial charge in [-0.05, 0) is 11.6 Å². The van der Waals surface area contributed by atoms with Crippen LogP contribution >= 0.6 is 0 Å². The lowest BCUT2D eigenvalue weighted by molar-refractivity contribution is -0.133. The molecule has 0 aromatic heterocycles. The number of benzene rings is 1. The van der Waals surface area contributed by atoms with Gasteiger partial charge < -0.3 is 4.90 Å². The molecule has 0 spiro atoms. The van der Waals surface area contributed by atoms with Gasteiger partial charge >= 0.3 is 15.5 Å². The molecule has 13 heteroatoms. The second kappa shape index (κ2) is 6.93. The molecule has 1 saturated heterocycles. The van der Waals surface area contributed by atoms with Crippen LogP contribution in [0, 0.1) is 0 Å². The maximum absolute atomic E-state index is 14.7. The Hall–Kier alpha value is -1.89. The van der Waals surface area contributed by atoms with Crippen molar-refractivity contribution in [1.82, 2.24) is 4.90 Å². The molecule has 1 unspecified atom stereocenters. The molecule has 0 saturated carbocycles. The number of rotatable bonds is 6. The van der Waals surface area contributed by atoms with Crippen LogP contribution in [0.4, 0.5) is 23.2 Å². The molecule has 27 heavy (non-hydrogen) atoms. The Bertz CT molecular complexity index is 946. The van der Waals surface area contributed by atoms with Gasteiger partial charge in [0.1, 0.15) is 0 Å². The zero-order valence-electron chi connectivity index (χ0n) is 14.0. The number of amides is 1. The quantitative estimate of drug-likeness (QED) is 0.691. The number of para-hydroxylation sites is 1. The summed E-state index contributed by atoms with van der Waals surface area (Å²) in [6, 6.07) is 4.94. The number of carbonyl (C=O) groups excluding carboxylic acids is 1. The minimum absolute atomic E-state index is 0.0446. The van der Waals surface area contributed by atoms with Crippen LogP contribution in [-0.4, -0.2) is 50.4 Å². The third-order valence-corrected chi connectivity index (χ3v) is 7.33. The summed E-state index contributed by atoms with van der Waals surface area (Å²) in [4.78, 5) is 13.1. The minimum atomic E-state index is -5.69. The van der Waals surface area contributed by atoms with Crippen molar-refractivity contribution in [1.29, 1.82) is 0 Å². The number of anilines is 1. The van der Waals surface area contributed by atoms with Gasteiger partial charge in [0.2, 0.25) is 0 Å². The first-order valence-electron chi connectivity index (χ1n) is 7.63. The van der Waals surface area contributed by atoms with Crippen LogP contribution in [0.1, 0.15) is 18.9 Å². The lowest BCUT2D eigenvalue weighted by Crippen LogP contribution is -2.43. The molecule has 0 radical (unpaired) electrons. The standard InChI is InChI=1S/C14H16F4N2O5S2/c1-2-26(22,23)13(15)7-8-20(12(13)21)9-10-5-3-4-6-11(10)19-27(24,25)14(16,17)18/h3-6,19H,2,7-9H2,1H3. The fraction of sp³-hybridized carbons (Fsp3) is 0.500. The fourth-order valence-corrected chi connectivity index (χ4v) is 4.42. The summed E-state index contributed by atoms with van der Waals surface area (Å²) in [5.41, 5.74) is -6.04. The summed E-state index contributed by atoms with van der Waals surface area (Å²) in [6.45, 7) is 0.447. The van der Waals surface area contributed by atoms with Crippen molar-refractivity contribution >= 4 is 31.5 Å². The van der Waals surface area contributed by atoms with Gasteiger partial charge in [-0.15, -0.1) is 0 Å². The van der Waals surface area contributed by atoms with Gasteiger partial charge in [0, 0.05) is 19.5 Å². The van der Waals surface area contributed by atoms with Gasteiger partial charge in [0.05, 0.1) is 11.4 Å². The maximum Gasteiger partial charge on any atom is 0.516 e. The van der Waals surface area contributed by atoms with Crippen LogP contribution in [0.5, 0.6) is 0 Å². The fourth-order valence-electron chi connectivity index (χ4n) is 2.56. The number of nitrogens with zero attached hydrogens (tertiary/aromatic N) is 1. The zero-order chi connectivity index (χ0) is 20.7. The Labute approximate surface area is 153 Å². The Balaban J connectivity index is 2.29. The van der Waals surface area contributed by atoms with Crippen LogP contribution < -0.4 is 4.72 Å². The van der Waals surface area contributed by atoms with E-state index in [1.54, 1.807) is 0 Å². The van der Waals surface area contributed by atoms with E-state index in [1.807, 2.05) is 0 Å². The number of hydrogen-bond acceptors (Lipinski definition) is 5. The third-order valence-electron chi connectivity index (χ3n) is 4.11. The van der Waals surface area contributed by atoms with Crippen LogP contribution in [0.15, 0.2) is 24.3 Å². The number of likely N-dealkylation sites (tertiary alicyclic amines) is 1. The number of carbonyl (C=O) groups is 1. The van der Waals surface area contributed by atoms with E-state index in [4.69, 9.17) is 0 Å². The third kappa shape index (κ3) is 3.88. The molecule has 0 bridgehead atoms. The Morgan fingerprint density at radius 3 is 2.33 bits per heavy atom. The molecular formula is C14H16F4N2O5S2. The van der Waals surface area contributed by atoms with Gasteiger partial charge in [-0.3, -0.25) is 9.52 Å². The summed E-state index contributed by atoms with van der Waals surface area (Å²) in [5.74, 6) is -1.91. The SMILES string of the molecule is CCS(=O)(=O)C1(F)CCN(Cc2ccccc2NS(=O)(=O)C(F)(F)F)C1=O. The number of halogens is 4. The van der Waals surface area contributed by atoms with E-state index in [0.29, 0.717) is 0 Å². The minimum Gasteiger partial charge on any atom is -0.334 e. The molecule has 7 nitrogen and oxygen atoms in total. The molecule has 152 valence electrons. The molecule has 0 aliphatic carbocycles. The number of sulfone groups is 1. The zero-order valence-corrected chi connectivity index (χ0v) is 15.6. The highest BCUT2D eigenvalue weighted by Gasteiger charge is 2.56. The molecule has 1 heterocycles. The molecule has 1 atom stereocenters. The summed E-state index contributed by atoms with van der Waals surface area (Å²) in [6.07, 6.45) is -0.613. The van der Waals surface area contributed by atoms with E-state index >= 15 is 0 Å². The molecule has 1 N–H and O–H groups in total. The molecule has 1 aliphatic heterocycles. The topological polar surface area (TPSA) is 101 Å². The van der Waals surface area contributed by atoms with E-state index in [2.05, 4.69) is 0 Å². The normalized spacial score (nSPS) is 21.5. The summed E-state index contributed by atoms with van der Waals surface area (Å²) in [5, 5.41) is -3.10. The van der Waals surface area contributed by atoms with E-state index in [0.717, 1.165) is 11.0 Å². The van der Waals surface area contributed by atoms with Crippen molar-refractivity contribution in [2.75, 3.05) is 17.0 Å². The second-order valence-corrected chi connectivity index (χ2v) is 9.94. The smallest absolute Gasteiger partial charge is 0.334 e. The van der Waals surface area contributed by atoms with Crippen molar-refractivity contribution in [2.24, 2.45) is 0 Å². The van der Waals surface area contributed by atoms with E-state index in [-0.39, 0.29) is 12.1 Å². The summed E-state index contributed by atoms with van der Waals surface area (Å²) in [7, 11) is -10.0. The van der Waals surface area contributed by atoms with Crippen molar-refractivity contribution in [3.63, 3.8) is 0 Å². The first-order chi connectivity index (χ1) is 12.2. The lowest BCUT2D eigenvalue weighted by Gasteiger charge is -2.21. The molecular weight excluding hydrogens is 416 g/mol. The van der Waals surface area contributed by atoms with Crippen molar-refractivity contribution in [3.05, 3.63) is 29.8 Å². The Kier molecular flexibility index (Phi) is 5.49.